The Morgan fingerprint density at radius 1 is 1.00 bits per heavy atom. The molecule has 0 spiro atoms. The Balaban J connectivity index is 1.63. The SMILES string of the molecule is CC(=O)OC1CC[C@@]2(C)C3CC[C@]4(C)C(CC[C@H]4C(C)CCCC(C)C)C3C/C(=N\O)[C@]2(OC(C)=O)C1. The lowest BCUT2D eigenvalue weighted by atomic mass is 9.42. The van der Waals surface area contributed by atoms with Crippen LogP contribution in [0.2, 0.25) is 0 Å². The van der Waals surface area contributed by atoms with Gasteiger partial charge >= 0.3 is 11.9 Å². The van der Waals surface area contributed by atoms with Gasteiger partial charge in [-0.2, -0.15) is 0 Å². The van der Waals surface area contributed by atoms with Crippen molar-refractivity contribution in [2.75, 3.05) is 0 Å². The fourth-order valence-corrected chi connectivity index (χ4v) is 9.95. The minimum atomic E-state index is -1.02. The second-order valence-corrected chi connectivity index (χ2v) is 14.0. The summed E-state index contributed by atoms with van der Waals surface area (Å²) in [7, 11) is 0. The van der Waals surface area contributed by atoms with Gasteiger partial charge in [-0.25, -0.2) is 0 Å². The van der Waals surface area contributed by atoms with Gasteiger partial charge in [-0.05, 0) is 85.9 Å². The lowest BCUT2D eigenvalue weighted by molar-refractivity contribution is -0.204. The van der Waals surface area contributed by atoms with E-state index >= 15 is 0 Å². The third-order valence-electron chi connectivity index (χ3n) is 11.5. The molecule has 4 rings (SSSR count). The highest BCUT2D eigenvalue weighted by Gasteiger charge is 2.69. The molecule has 4 fully saturated rings. The first-order chi connectivity index (χ1) is 17.4. The molecule has 0 aromatic carbocycles. The molecule has 37 heavy (non-hydrogen) atoms. The molecule has 0 saturated heterocycles. The number of fused-ring (bicyclic) bond motifs is 5. The smallest absolute Gasteiger partial charge is 0.303 e. The zero-order chi connectivity index (χ0) is 27.2. The van der Waals surface area contributed by atoms with Crippen LogP contribution in [0.4, 0.5) is 0 Å². The van der Waals surface area contributed by atoms with Gasteiger partial charge in [0.05, 0.1) is 0 Å². The molecule has 6 nitrogen and oxygen atoms in total. The van der Waals surface area contributed by atoms with Crippen molar-refractivity contribution in [1.82, 2.24) is 0 Å². The standard InChI is InChI=1S/C31H51NO5/c1-19(2)9-8-10-20(3)25-11-12-26-24-17-28(32-35)31(37-22(5)34)18-23(36-21(4)33)13-16-30(31,7)27(24)14-15-29(25,26)6/h19-20,23-27,35H,8-18H2,1-7H3/b32-28+/t20?,23?,24?,25-,26?,27?,29-,30-,31+/m0/s1. The summed E-state index contributed by atoms with van der Waals surface area (Å²) in [5, 5.41) is 14.2. The third kappa shape index (κ3) is 4.84. The molecule has 0 bridgehead atoms. The molecule has 210 valence electrons. The first-order valence-electron chi connectivity index (χ1n) is 15.0. The van der Waals surface area contributed by atoms with Crippen molar-refractivity contribution in [3.8, 4) is 0 Å². The Bertz CT molecular complexity index is 900. The lowest BCUT2D eigenvalue weighted by Gasteiger charge is -2.64. The van der Waals surface area contributed by atoms with E-state index in [0.29, 0.717) is 41.7 Å². The highest BCUT2D eigenvalue weighted by atomic mass is 16.6. The highest BCUT2D eigenvalue weighted by molar-refractivity contribution is 5.96. The highest BCUT2D eigenvalue weighted by Crippen LogP contribution is 2.69. The topological polar surface area (TPSA) is 85.2 Å². The maximum atomic E-state index is 12.5. The van der Waals surface area contributed by atoms with Gasteiger partial charge in [0, 0.05) is 25.7 Å². The summed E-state index contributed by atoms with van der Waals surface area (Å²) >= 11 is 0. The van der Waals surface area contributed by atoms with E-state index in [4.69, 9.17) is 9.47 Å². The maximum Gasteiger partial charge on any atom is 0.303 e. The number of hydrogen-bond acceptors (Lipinski definition) is 6. The molecular weight excluding hydrogens is 466 g/mol. The number of carbonyl (C=O) groups excluding carboxylic acids is 2. The predicted molar refractivity (Wildman–Crippen MR) is 144 cm³/mol. The van der Waals surface area contributed by atoms with E-state index < -0.39 is 5.60 Å². The van der Waals surface area contributed by atoms with Gasteiger partial charge in [0.15, 0.2) is 5.60 Å². The number of esters is 2. The van der Waals surface area contributed by atoms with Gasteiger partial charge in [0.2, 0.25) is 0 Å². The average molecular weight is 518 g/mol. The van der Waals surface area contributed by atoms with Crippen LogP contribution in [-0.4, -0.2) is 34.6 Å². The number of ether oxygens (including phenoxy) is 2. The zero-order valence-corrected chi connectivity index (χ0v) is 24.3. The van der Waals surface area contributed by atoms with E-state index in [-0.39, 0.29) is 23.5 Å². The molecule has 5 unspecified atom stereocenters. The minimum Gasteiger partial charge on any atom is -0.462 e. The van der Waals surface area contributed by atoms with Crippen molar-refractivity contribution in [3.05, 3.63) is 0 Å². The Morgan fingerprint density at radius 2 is 1.73 bits per heavy atom. The van der Waals surface area contributed by atoms with E-state index in [0.717, 1.165) is 37.0 Å². The molecule has 0 aromatic heterocycles. The Kier molecular flexibility index (Phi) is 8.08. The molecule has 0 aliphatic heterocycles. The van der Waals surface area contributed by atoms with Crippen molar-refractivity contribution >= 4 is 17.7 Å². The summed E-state index contributed by atoms with van der Waals surface area (Å²) < 4.78 is 11.8. The Morgan fingerprint density at radius 3 is 2.35 bits per heavy atom. The van der Waals surface area contributed by atoms with Crippen LogP contribution in [0.3, 0.4) is 0 Å². The van der Waals surface area contributed by atoms with Crippen molar-refractivity contribution in [3.63, 3.8) is 0 Å². The molecule has 0 radical (unpaired) electrons. The van der Waals surface area contributed by atoms with Crippen LogP contribution in [0.5, 0.6) is 0 Å². The van der Waals surface area contributed by atoms with E-state index in [9.17, 15) is 14.8 Å². The summed E-state index contributed by atoms with van der Waals surface area (Å²) in [6, 6.07) is 0. The number of hydrogen-bond donors (Lipinski definition) is 1. The molecular formula is C31H51NO5. The Hall–Kier alpha value is -1.59. The summed E-state index contributed by atoms with van der Waals surface area (Å²) in [6.07, 6.45) is 11.0. The number of oxime groups is 1. The lowest BCUT2D eigenvalue weighted by Crippen LogP contribution is -2.68. The zero-order valence-electron chi connectivity index (χ0n) is 24.3. The maximum absolute atomic E-state index is 12.5. The number of carbonyl (C=O) groups is 2. The quantitative estimate of drug-likeness (QED) is 0.220. The van der Waals surface area contributed by atoms with Gasteiger partial charge in [-0.1, -0.05) is 59.0 Å². The van der Waals surface area contributed by atoms with Gasteiger partial charge in [-0.15, -0.1) is 0 Å². The van der Waals surface area contributed by atoms with Crippen molar-refractivity contribution < 1.29 is 24.3 Å². The van der Waals surface area contributed by atoms with Crippen molar-refractivity contribution in [2.24, 2.45) is 51.5 Å². The van der Waals surface area contributed by atoms with Crippen LogP contribution in [0.15, 0.2) is 5.16 Å². The summed E-state index contributed by atoms with van der Waals surface area (Å²) in [5.41, 5.74) is -0.474. The van der Waals surface area contributed by atoms with Crippen LogP contribution in [-0.2, 0) is 19.1 Å². The van der Waals surface area contributed by atoms with Crippen LogP contribution >= 0.6 is 0 Å². The first-order valence-corrected chi connectivity index (χ1v) is 15.0. The monoisotopic (exact) mass is 517 g/mol. The van der Waals surface area contributed by atoms with Crippen LogP contribution in [0, 0.1) is 46.3 Å². The van der Waals surface area contributed by atoms with E-state index in [1.54, 1.807) is 0 Å². The average Bonchev–Trinajstić information content (AvgIpc) is 3.15. The van der Waals surface area contributed by atoms with Crippen LogP contribution < -0.4 is 0 Å². The molecule has 1 N–H and O–H groups in total. The minimum absolute atomic E-state index is 0.311. The molecule has 4 aliphatic carbocycles. The van der Waals surface area contributed by atoms with Gasteiger partial charge in [0.1, 0.15) is 11.8 Å². The van der Waals surface area contributed by atoms with E-state index in [1.165, 1.54) is 52.4 Å². The van der Waals surface area contributed by atoms with E-state index in [1.807, 2.05) is 0 Å². The summed E-state index contributed by atoms with van der Waals surface area (Å²) in [4.78, 5) is 24.3. The first kappa shape index (κ1) is 28.4. The molecule has 4 saturated carbocycles. The molecule has 0 heterocycles. The largest absolute Gasteiger partial charge is 0.462 e. The fourth-order valence-electron chi connectivity index (χ4n) is 9.95. The van der Waals surface area contributed by atoms with Gasteiger partial charge in [-0.3, -0.25) is 9.59 Å². The van der Waals surface area contributed by atoms with Crippen molar-refractivity contribution in [2.45, 2.75) is 131 Å². The molecule has 9 atom stereocenters. The summed E-state index contributed by atoms with van der Waals surface area (Å²) in [6.45, 7) is 14.8. The molecule has 6 heteroatoms. The van der Waals surface area contributed by atoms with Crippen LogP contribution in [0.25, 0.3) is 0 Å². The number of rotatable bonds is 7. The molecule has 0 aromatic rings. The van der Waals surface area contributed by atoms with Crippen LogP contribution in [0.1, 0.15) is 119 Å². The fraction of sp³-hybridized carbons (Fsp3) is 0.903. The summed E-state index contributed by atoms with van der Waals surface area (Å²) in [5.74, 6) is 2.96. The van der Waals surface area contributed by atoms with E-state index in [2.05, 4.69) is 39.8 Å². The third-order valence-corrected chi connectivity index (χ3v) is 11.5. The predicted octanol–water partition coefficient (Wildman–Crippen LogP) is 7.17. The second-order valence-electron chi connectivity index (χ2n) is 14.0. The Labute approximate surface area is 224 Å². The van der Waals surface area contributed by atoms with Gasteiger partial charge in [0.25, 0.3) is 0 Å². The normalized spacial score (nSPS) is 43.0. The molecule has 0 amide bonds. The molecule has 4 aliphatic rings. The second kappa shape index (κ2) is 10.5. The van der Waals surface area contributed by atoms with Crippen molar-refractivity contribution in [1.29, 1.82) is 0 Å². The number of nitrogens with zero attached hydrogens (tertiary/aromatic N) is 1. The van der Waals surface area contributed by atoms with Gasteiger partial charge < -0.3 is 14.7 Å².